The van der Waals surface area contributed by atoms with E-state index in [1.54, 1.807) is 0 Å². The molecule has 0 fully saturated rings. The van der Waals surface area contributed by atoms with E-state index in [2.05, 4.69) is 15.7 Å². The van der Waals surface area contributed by atoms with E-state index in [1.807, 2.05) is 0 Å². The molecule has 2 aliphatic rings. The van der Waals surface area contributed by atoms with E-state index in [0.29, 0.717) is 0 Å². The Morgan fingerprint density at radius 2 is 1.61 bits per heavy atom. The van der Waals surface area contributed by atoms with Crippen molar-refractivity contribution in [3.05, 3.63) is 58.1 Å². The Bertz CT molecular complexity index is 1170. The molecule has 0 spiro atoms. The van der Waals surface area contributed by atoms with Crippen molar-refractivity contribution in [2.75, 3.05) is 19.4 Å². The first kappa shape index (κ1) is 23.7. The van der Waals surface area contributed by atoms with Crippen molar-refractivity contribution in [2.24, 2.45) is 9.50 Å². The van der Waals surface area contributed by atoms with Gasteiger partial charge in [-0.15, -0.1) is 4.36 Å². The number of nitrogens with zero attached hydrogens (tertiary/aromatic N) is 2. The summed E-state index contributed by atoms with van der Waals surface area (Å²) in [6.07, 6.45) is 1.22. The van der Waals surface area contributed by atoms with E-state index >= 15 is 0 Å². The molecule has 0 aliphatic heterocycles. The minimum atomic E-state index is -4.48. The molecule has 0 radical (unpaired) electrons. The highest BCUT2D eigenvalue weighted by Gasteiger charge is 2.42. The Kier molecular flexibility index (Phi) is 6.28. The van der Waals surface area contributed by atoms with Crippen LogP contribution in [0.2, 0.25) is 0 Å². The second kappa shape index (κ2) is 8.73. The number of rotatable bonds is 4. The van der Waals surface area contributed by atoms with Crippen LogP contribution in [0, 0.1) is 0 Å². The van der Waals surface area contributed by atoms with Crippen LogP contribution in [0.4, 0.5) is 23.7 Å². The Balaban J connectivity index is 1.60. The summed E-state index contributed by atoms with van der Waals surface area (Å²) in [7, 11) is -0.981. The first-order valence-corrected chi connectivity index (χ1v) is 12.4. The standard InChI is InChI=1S/C23H27F3N4O2S/c1-30(2)21(23(24,25)26)14-9-11-17(12-10-14)33(27,32)29-22(31)28-20-18-7-3-5-15(18)13-16-6-4-8-19(16)20/h9-13,21H,3-8H2,1-2H3,(H3,27,28,29,31,32). The second-order valence-corrected chi connectivity index (χ2v) is 10.6. The van der Waals surface area contributed by atoms with E-state index < -0.39 is 28.2 Å². The summed E-state index contributed by atoms with van der Waals surface area (Å²) in [6.45, 7) is 0. The molecule has 10 heteroatoms. The fraction of sp³-hybridized carbons (Fsp3) is 0.435. The Morgan fingerprint density at radius 1 is 1.06 bits per heavy atom. The summed E-state index contributed by atoms with van der Waals surface area (Å²) in [5.74, 6) is 0. The number of anilines is 1. The van der Waals surface area contributed by atoms with Gasteiger partial charge in [0.05, 0.1) is 4.90 Å². The molecule has 4 rings (SSSR count). The lowest BCUT2D eigenvalue weighted by Crippen LogP contribution is -2.33. The van der Waals surface area contributed by atoms with Gasteiger partial charge in [0, 0.05) is 5.69 Å². The van der Waals surface area contributed by atoms with Gasteiger partial charge in [0.1, 0.15) is 16.0 Å². The van der Waals surface area contributed by atoms with Crippen LogP contribution in [-0.4, -0.2) is 35.4 Å². The van der Waals surface area contributed by atoms with Crippen molar-refractivity contribution in [1.82, 2.24) is 4.90 Å². The molecular weight excluding hydrogens is 453 g/mol. The molecule has 178 valence electrons. The van der Waals surface area contributed by atoms with Crippen molar-refractivity contribution >= 4 is 21.6 Å². The van der Waals surface area contributed by atoms with Crippen molar-refractivity contribution in [3.63, 3.8) is 0 Å². The maximum absolute atomic E-state index is 13.4. The number of urea groups is 1. The molecule has 0 aromatic heterocycles. The highest BCUT2D eigenvalue weighted by atomic mass is 32.2. The fourth-order valence-corrected chi connectivity index (χ4v) is 5.82. The van der Waals surface area contributed by atoms with Gasteiger partial charge in [0.15, 0.2) is 0 Å². The fourth-order valence-electron chi connectivity index (χ4n) is 4.90. The maximum Gasteiger partial charge on any atom is 0.408 e. The molecule has 3 N–H and O–H groups in total. The number of alkyl halides is 3. The highest BCUT2D eigenvalue weighted by molar-refractivity contribution is 7.91. The monoisotopic (exact) mass is 480 g/mol. The molecule has 6 nitrogen and oxygen atoms in total. The van der Waals surface area contributed by atoms with Gasteiger partial charge >= 0.3 is 12.2 Å². The molecule has 33 heavy (non-hydrogen) atoms. The number of nitrogens with two attached hydrogens (primary N) is 1. The first-order valence-electron chi connectivity index (χ1n) is 10.8. The van der Waals surface area contributed by atoms with Gasteiger partial charge in [-0.25, -0.2) is 14.1 Å². The average molecular weight is 481 g/mol. The minimum Gasteiger partial charge on any atom is -0.305 e. The van der Waals surface area contributed by atoms with Gasteiger partial charge in [-0.3, -0.25) is 4.90 Å². The quantitative estimate of drug-likeness (QED) is 0.661. The average Bonchev–Trinajstić information content (AvgIpc) is 3.35. The predicted octanol–water partition coefficient (Wildman–Crippen LogP) is 4.76. The summed E-state index contributed by atoms with van der Waals surface area (Å²) < 4.78 is 56.8. The molecule has 0 bridgehead atoms. The maximum atomic E-state index is 13.4. The van der Waals surface area contributed by atoms with Gasteiger partial charge in [-0.2, -0.15) is 13.2 Å². The van der Waals surface area contributed by atoms with Crippen LogP contribution < -0.4 is 10.5 Å². The van der Waals surface area contributed by atoms with Crippen LogP contribution in [0.1, 0.15) is 46.7 Å². The number of nitrogens with one attached hydrogen (secondary N) is 1. The molecule has 2 aliphatic carbocycles. The summed E-state index contributed by atoms with van der Waals surface area (Å²) in [6, 6.07) is 4.48. The van der Waals surface area contributed by atoms with Crippen molar-refractivity contribution in [2.45, 2.75) is 55.6 Å². The van der Waals surface area contributed by atoms with Gasteiger partial charge in [0.25, 0.3) is 0 Å². The number of amides is 2. The number of halogens is 3. The van der Waals surface area contributed by atoms with E-state index in [0.717, 1.165) is 60.2 Å². The molecule has 2 atom stereocenters. The van der Waals surface area contributed by atoms with Crippen molar-refractivity contribution < 1.29 is 22.2 Å². The predicted molar refractivity (Wildman–Crippen MR) is 121 cm³/mol. The zero-order chi connectivity index (χ0) is 24.0. The van der Waals surface area contributed by atoms with E-state index in [1.165, 1.54) is 49.5 Å². The van der Waals surface area contributed by atoms with Gasteiger partial charge in [0.2, 0.25) is 0 Å². The SMILES string of the molecule is CN(C)C(c1ccc(S(N)(=O)=NC(=O)Nc2c3c(cc4c2CCC4)CCC3)cc1)C(F)(F)F. The van der Waals surface area contributed by atoms with Gasteiger partial charge in [-0.1, -0.05) is 18.2 Å². The molecule has 2 amide bonds. The summed E-state index contributed by atoms with van der Waals surface area (Å²) >= 11 is 0. The Labute approximate surface area is 191 Å². The molecule has 0 heterocycles. The lowest BCUT2D eigenvalue weighted by atomic mass is 9.99. The van der Waals surface area contributed by atoms with Crippen LogP contribution in [-0.2, 0) is 35.6 Å². The summed E-state index contributed by atoms with van der Waals surface area (Å²) in [4.78, 5) is 13.7. The number of benzene rings is 2. The summed E-state index contributed by atoms with van der Waals surface area (Å²) in [5.41, 5.74) is 5.41. The number of hydrogen-bond acceptors (Lipinski definition) is 3. The number of fused-ring (bicyclic) bond motifs is 2. The van der Waals surface area contributed by atoms with E-state index in [-0.39, 0.29) is 10.5 Å². The molecular formula is C23H27F3N4O2S. The first-order chi connectivity index (χ1) is 15.5. The topological polar surface area (TPSA) is 87.8 Å². The van der Waals surface area contributed by atoms with Crippen LogP contribution in [0.25, 0.3) is 0 Å². The zero-order valence-corrected chi connectivity index (χ0v) is 19.4. The zero-order valence-electron chi connectivity index (χ0n) is 18.5. The molecule has 2 unspecified atom stereocenters. The summed E-state index contributed by atoms with van der Waals surface area (Å²) in [5, 5.41) is 8.67. The second-order valence-electron chi connectivity index (χ2n) is 8.80. The lowest BCUT2D eigenvalue weighted by molar-refractivity contribution is -0.179. The van der Waals surface area contributed by atoms with Crippen LogP contribution >= 0.6 is 0 Å². The normalized spacial score (nSPS) is 17.9. The van der Waals surface area contributed by atoms with Crippen LogP contribution in [0.15, 0.2) is 39.6 Å². The highest BCUT2D eigenvalue weighted by Crippen LogP contribution is 2.39. The molecule has 0 saturated carbocycles. The molecule has 2 aromatic rings. The number of carbonyl (C=O) groups is 1. The minimum absolute atomic E-state index is 0.00963. The third-order valence-corrected chi connectivity index (χ3v) is 7.67. The molecule has 2 aromatic carbocycles. The van der Waals surface area contributed by atoms with Gasteiger partial charge in [-0.05, 0) is 92.6 Å². The van der Waals surface area contributed by atoms with Crippen LogP contribution in [0.5, 0.6) is 0 Å². The van der Waals surface area contributed by atoms with Crippen LogP contribution in [0.3, 0.4) is 0 Å². The van der Waals surface area contributed by atoms with Crippen molar-refractivity contribution in [1.29, 1.82) is 0 Å². The third-order valence-electron chi connectivity index (χ3n) is 6.28. The van der Waals surface area contributed by atoms with E-state index in [9.17, 15) is 22.2 Å². The molecule has 0 saturated heterocycles. The Hall–Kier alpha value is -2.43. The lowest BCUT2D eigenvalue weighted by Gasteiger charge is -2.27. The Morgan fingerprint density at radius 3 is 2.09 bits per heavy atom. The third kappa shape index (κ3) is 4.78. The van der Waals surface area contributed by atoms with Gasteiger partial charge < -0.3 is 5.32 Å². The number of carbonyl (C=O) groups excluding carboxylic acids is 1. The number of aryl methyl sites for hydroxylation is 2. The van der Waals surface area contributed by atoms with Crippen molar-refractivity contribution in [3.8, 4) is 0 Å². The largest absolute Gasteiger partial charge is 0.408 e. The van der Waals surface area contributed by atoms with E-state index in [4.69, 9.17) is 5.14 Å². The number of hydrogen-bond donors (Lipinski definition) is 2. The smallest absolute Gasteiger partial charge is 0.305 e.